The van der Waals surface area contributed by atoms with Gasteiger partial charge in [-0.2, -0.15) is 0 Å². The second-order valence-electron chi connectivity index (χ2n) is 9.89. The summed E-state index contributed by atoms with van der Waals surface area (Å²) >= 11 is 0. The molecule has 2 atom stereocenters. The highest BCUT2D eigenvalue weighted by atomic mass is 16.3. The molecule has 3 fully saturated rings. The number of carbonyl (C=O) groups is 1. The molecule has 1 spiro atoms. The zero-order valence-electron chi connectivity index (χ0n) is 19.1. The first-order valence-electron chi connectivity index (χ1n) is 12.2. The molecule has 5 rings (SSSR count). The summed E-state index contributed by atoms with van der Waals surface area (Å²) in [6, 6.07) is 18.8. The highest BCUT2D eigenvalue weighted by Gasteiger charge is 2.51. The van der Waals surface area contributed by atoms with E-state index in [1.54, 1.807) is 0 Å². The fourth-order valence-corrected chi connectivity index (χ4v) is 5.49. The number of aliphatic hydroxyl groups is 1. The first kappa shape index (κ1) is 21.5. The highest BCUT2D eigenvalue weighted by molar-refractivity contribution is 5.86. The Morgan fingerprint density at radius 3 is 2.31 bits per heavy atom. The summed E-state index contributed by atoms with van der Waals surface area (Å²) in [6.07, 6.45) is 4.35. The molecule has 170 valence electrons. The normalized spacial score (nSPS) is 25.4. The number of hydrogen-bond donors (Lipinski definition) is 1. The lowest BCUT2D eigenvalue weighted by atomic mass is 9.90. The zero-order valence-corrected chi connectivity index (χ0v) is 19.1. The van der Waals surface area contributed by atoms with Crippen molar-refractivity contribution in [3.8, 4) is 11.1 Å². The van der Waals surface area contributed by atoms with E-state index in [-0.39, 0.29) is 23.5 Å². The molecule has 3 aliphatic rings. The molecule has 0 radical (unpaired) electrons. The van der Waals surface area contributed by atoms with Crippen LogP contribution in [0.1, 0.15) is 32.6 Å². The second kappa shape index (κ2) is 8.87. The van der Waals surface area contributed by atoms with Gasteiger partial charge in [0.15, 0.2) is 0 Å². The first-order valence-corrected chi connectivity index (χ1v) is 12.2. The Morgan fingerprint density at radius 1 is 0.906 bits per heavy atom. The SMILES string of the molecule is C[C@H]1C(=O)N(CCCN2CCC3(CC3)[C@H](O)C2)CCN1c1ccc(-c2ccccc2)cc1. The van der Waals surface area contributed by atoms with E-state index in [2.05, 4.69) is 58.3 Å². The maximum absolute atomic E-state index is 13.1. The van der Waals surface area contributed by atoms with Crippen molar-refractivity contribution in [2.45, 2.75) is 44.8 Å². The van der Waals surface area contributed by atoms with Gasteiger partial charge in [-0.05, 0) is 74.4 Å². The summed E-state index contributed by atoms with van der Waals surface area (Å²) in [4.78, 5) is 19.7. The van der Waals surface area contributed by atoms with Gasteiger partial charge in [-0.25, -0.2) is 0 Å². The van der Waals surface area contributed by atoms with E-state index < -0.39 is 0 Å². The van der Waals surface area contributed by atoms with Gasteiger partial charge in [0.2, 0.25) is 5.91 Å². The molecule has 0 aromatic heterocycles. The van der Waals surface area contributed by atoms with Crippen molar-refractivity contribution in [3.05, 3.63) is 54.6 Å². The van der Waals surface area contributed by atoms with Gasteiger partial charge < -0.3 is 19.8 Å². The monoisotopic (exact) mass is 433 g/mol. The third-order valence-electron chi connectivity index (χ3n) is 7.91. The number of piperidine rings is 1. The van der Waals surface area contributed by atoms with Gasteiger partial charge in [-0.1, -0.05) is 42.5 Å². The van der Waals surface area contributed by atoms with Crippen molar-refractivity contribution in [2.75, 3.05) is 44.2 Å². The topological polar surface area (TPSA) is 47.0 Å². The van der Waals surface area contributed by atoms with Crippen LogP contribution in [0.15, 0.2) is 54.6 Å². The minimum Gasteiger partial charge on any atom is -0.391 e. The van der Waals surface area contributed by atoms with E-state index in [0.717, 1.165) is 57.8 Å². The molecule has 1 amide bonds. The Bertz CT molecular complexity index is 926. The van der Waals surface area contributed by atoms with Crippen LogP contribution in [0.25, 0.3) is 11.1 Å². The number of anilines is 1. The number of β-amino-alcohol motifs (C(OH)–C–C–N with tert-alkyl or cyclic N) is 1. The molecule has 2 aromatic rings. The maximum atomic E-state index is 13.1. The summed E-state index contributed by atoms with van der Waals surface area (Å²) in [7, 11) is 0. The number of benzene rings is 2. The third-order valence-corrected chi connectivity index (χ3v) is 7.91. The molecular weight excluding hydrogens is 398 g/mol. The van der Waals surface area contributed by atoms with Crippen molar-refractivity contribution < 1.29 is 9.90 Å². The van der Waals surface area contributed by atoms with Crippen LogP contribution in [-0.4, -0.2) is 72.2 Å². The number of aliphatic hydroxyl groups excluding tert-OH is 1. The number of piperazine rings is 1. The molecule has 2 saturated heterocycles. The van der Waals surface area contributed by atoms with Gasteiger partial charge in [-0.15, -0.1) is 0 Å². The molecule has 5 nitrogen and oxygen atoms in total. The van der Waals surface area contributed by atoms with Gasteiger partial charge in [0.05, 0.1) is 6.10 Å². The van der Waals surface area contributed by atoms with Crippen molar-refractivity contribution >= 4 is 11.6 Å². The third kappa shape index (κ3) is 4.28. The van der Waals surface area contributed by atoms with Crippen LogP contribution < -0.4 is 4.90 Å². The average molecular weight is 434 g/mol. The Balaban J connectivity index is 1.12. The van der Waals surface area contributed by atoms with Crippen LogP contribution in [0.2, 0.25) is 0 Å². The smallest absolute Gasteiger partial charge is 0.245 e. The van der Waals surface area contributed by atoms with Crippen LogP contribution >= 0.6 is 0 Å². The predicted octanol–water partition coefficient (Wildman–Crippen LogP) is 3.63. The number of carbonyl (C=O) groups excluding carboxylic acids is 1. The number of amides is 1. The van der Waals surface area contributed by atoms with Crippen molar-refractivity contribution in [1.82, 2.24) is 9.80 Å². The van der Waals surface area contributed by atoms with Crippen molar-refractivity contribution in [3.63, 3.8) is 0 Å². The molecule has 1 saturated carbocycles. The van der Waals surface area contributed by atoms with E-state index >= 15 is 0 Å². The molecule has 0 unspecified atom stereocenters. The molecule has 5 heteroatoms. The predicted molar refractivity (Wildman–Crippen MR) is 129 cm³/mol. The molecule has 2 heterocycles. The largest absolute Gasteiger partial charge is 0.391 e. The summed E-state index contributed by atoms with van der Waals surface area (Å²) in [5.41, 5.74) is 3.78. The lowest BCUT2D eigenvalue weighted by molar-refractivity contribution is -0.134. The second-order valence-corrected chi connectivity index (χ2v) is 9.89. The molecule has 0 bridgehead atoms. The number of likely N-dealkylation sites (tertiary alicyclic amines) is 1. The van der Waals surface area contributed by atoms with Crippen LogP contribution in [0, 0.1) is 5.41 Å². The molecular formula is C27H35N3O2. The standard InChI is InChI=1S/C27H35N3O2/c1-21-26(32)29(16-5-15-28-17-14-27(12-13-27)25(31)20-28)18-19-30(21)24-10-8-23(9-11-24)22-6-3-2-4-7-22/h2-4,6-11,21,25,31H,5,12-20H2,1H3/t21-,25+/m0/s1. The van der Waals surface area contributed by atoms with Crippen LogP contribution in [0.3, 0.4) is 0 Å². The molecule has 2 aliphatic heterocycles. The number of rotatable bonds is 6. The van der Waals surface area contributed by atoms with E-state index in [0.29, 0.717) is 0 Å². The van der Waals surface area contributed by atoms with E-state index in [1.807, 2.05) is 17.9 Å². The summed E-state index contributed by atoms with van der Waals surface area (Å²) < 4.78 is 0. The van der Waals surface area contributed by atoms with Gasteiger partial charge in [0.1, 0.15) is 6.04 Å². The number of hydrogen-bond acceptors (Lipinski definition) is 4. The van der Waals surface area contributed by atoms with Crippen LogP contribution in [0.4, 0.5) is 5.69 Å². The fraction of sp³-hybridized carbons (Fsp3) is 0.519. The van der Waals surface area contributed by atoms with Gasteiger partial charge in [-0.3, -0.25) is 4.79 Å². The summed E-state index contributed by atoms with van der Waals surface area (Å²) in [5, 5.41) is 10.4. The first-order chi connectivity index (χ1) is 15.6. The quantitative estimate of drug-likeness (QED) is 0.756. The molecule has 32 heavy (non-hydrogen) atoms. The minimum absolute atomic E-state index is 0.141. The summed E-state index contributed by atoms with van der Waals surface area (Å²) in [5.74, 6) is 0.221. The van der Waals surface area contributed by atoms with E-state index in [9.17, 15) is 9.90 Å². The van der Waals surface area contributed by atoms with E-state index in [1.165, 1.54) is 24.0 Å². The lowest BCUT2D eigenvalue weighted by Gasteiger charge is -2.41. The van der Waals surface area contributed by atoms with Crippen molar-refractivity contribution in [1.29, 1.82) is 0 Å². The molecule has 1 N–H and O–H groups in total. The van der Waals surface area contributed by atoms with Gasteiger partial charge >= 0.3 is 0 Å². The van der Waals surface area contributed by atoms with Gasteiger partial charge in [0.25, 0.3) is 0 Å². The molecule has 2 aromatic carbocycles. The number of nitrogens with zero attached hydrogens (tertiary/aromatic N) is 3. The fourth-order valence-electron chi connectivity index (χ4n) is 5.49. The van der Waals surface area contributed by atoms with E-state index in [4.69, 9.17) is 0 Å². The van der Waals surface area contributed by atoms with Crippen molar-refractivity contribution in [2.24, 2.45) is 5.41 Å². The Kier molecular flexibility index (Phi) is 5.95. The minimum atomic E-state index is -0.158. The van der Waals surface area contributed by atoms with Crippen LogP contribution in [-0.2, 0) is 4.79 Å². The molecule has 1 aliphatic carbocycles. The Morgan fingerprint density at radius 2 is 1.62 bits per heavy atom. The Labute approximate surface area is 191 Å². The maximum Gasteiger partial charge on any atom is 0.245 e. The average Bonchev–Trinajstić information content (AvgIpc) is 3.61. The van der Waals surface area contributed by atoms with Gasteiger partial charge in [0, 0.05) is 31.9 Å². The Hall–Kier alpha value is -2.37. The zero-order chi connectivity index (χ0) is 22.1. The summed E-state index contributed by atoms with van der Waals surface area (Å²) in [6.45, 7) is 7.33. The lowest BCUT2D eigenvalue weighted by Crippen LogP contribution is -2.56. The van der Waals surface area contributed by atoms with Crippen LogP contribution in [0.5, 0.6) is 0 Å². The highest BCUT2D eigenvalue weighted by Crippen LogP contribution is 2.53.